The van der Waals surface area contributed by atoms with E-state index in [9.17, 15) is 4.79 Å². The standard InChI is InChI=1S/C27H42N2O3/c1-19(28-32-17-14-29-12-15-31-16-13-29)23-6-7-24-22-5-4-20-18-21(30)8-10-26(20,2)25(22)9-11-27(23,24)3/h18,22-25H,4-17H2,1-3H3/b28-19+/t22?,23-,24+,25+,26+,27-/m1/s1. The van der Waals surface area contributed by atoms with Crippen molar-refractivity contribution in [1.29, 1.82) is 0 Å². The van der Waals surface area contributed by atoms with Gasteiger partial charge in [0.05, 0.1) is 18.9 Å². The van der Waals surface area contributed by atoms with Gasteiger partial charge in [0, 0.05) is 32.0 Å². The molecule has 0 aromatic carbocycles. The van der Waals surface area contributed by atoms with Gasteiger partial charge in [-0.15, -0.1) is 0 Å². The molecule has 0 aromatic rings. The van der Waals surface area contributed by atoms with Crippen LogP contribution in [0.15, 0.2) is 16.8 Å². The maximum absolute atomic E-state index is 12.1. The molecule has 5 heteroatoms. The summed E-state index contributed by atoms with van der Waals surface area (Å²) in [5.41, 5.74) is 3.30. The third-order valence-corrected chi connectivity index (χ3v) is 10.3. The number of fused-ring (bicyclic) bond motifs is 5. The molecular weight excluding hydrogens is 400 g/mol. The van der Waals surface area contributed by atoms with Crippen molar-refractivity contribution in [2.24, 2.45) is 39.7 Å². The number of rotatable bonds is 5. The zero-order valence-electron chi connectivity index (χ0n) is 20.4. The Morgan fingerprint density at radius 1 is 1.12 bits per heavy atom. The van der Waals surface area contributed by atoms with Crippen molar-refractivity contribution in [2.75, 3.05) is 39.5 Å². The molecule has 1 unspecified atom stereocenters. The molecule has 3 saturated carbocycles. The van der Waals surface area contributed by atoms with E-state index in [1.807, 2.05) is 6.08 Å². The van der Waals surface area contributed by atoms with Crippen molar-refractivity contribution in [3.63, 3.8) is 0 Å². The van der Waals surface area contributed by atoms with Crippen molar-refractivity contribution in [2.45, 2.75) is 72.1 Å². The lowest BCUT2D eigenvalue weighted by molar-refractivity contribution is -0.117. The molecule has 0 radical (unpaired) electrons. The lowest BCUT2D eigenvalue weighted by Crippen LogP contribution is -2.51. The SMILES string of the molecule is C/C(=N\OCCN1CCOCC1)[C@H]1CC[C@H]2C3CCC4=CC(=O)CC[C@]4(C)[C@H]3CC[C@]12C. The Hall–Kier alpha value is -1.20. The molecule has 178 valence electrons. The predicted molar refractivity (Wildman–Crippen MR) is 127 cm³/mol. The monoisotopic (exact) mass is 442 g/mol. The van der Waals surface area contributed by atoms with Gasteiger partial charge >= 0.3 is 0 Å². The number of ketones is 1. The van der Waals surface area contributed by atoms with E-state index in [0.29, 0.717) is 23.7 Å². The van der Waals surface area contributed by atoms with Crippen molar-refractivity contribution in [3.8, 4) is 0 Å². The lowest BCUT2D eigenvalue weighted by Gasteiger charge is -2.58. The summed E-state index contributed by atoms with van der Waals surface area (Å²) in [4.78, 5) is 20.3. The number of allylic oxidation sites excluding steroid dienone is 1. The Labute approximate surface area is 194 Å². The smallest absolute Gasteiger partial charge is 0.155 e. The Morgan fingerprint density at radius 2 is 1.94 bits per heavy atom. The zero-order valence-corrected chi connectivity index (χ0v) is 20.4. The molecule has 4 fully saturated rings. The molecule has 1 aliphatic heterocycles. The molecule has 32 heavy (non-hydrogen) atoms. The number of carbonyl (C=O) groups excluding carboxylic acids is 1. The van der Waals surface area contributed by atoms with Crippen LogP contribution >= 0.6 is 0 Å². The van der Waals surface area contributed by atoms with E-state index >= 15 is 0 Å². The van der Waals surface area contributed by atoms with Crippen LogP contribution in [0.3, 0.4) is 0 Å². The fourth-order valence-corrected chi connectivity index (χ4v) is 8.45. The summed E-state index contributed by atoms with van der Waals surface area (Å²) in [5.74, 6) is 3.27. The van der Waals surface area contributed by atoms with E-state index in [-0.39, 0.29) is 5.41 Å². The number of hydrogen-bond donors (Lipinski definition) is 0. The second kappa shape index (κ2) is 8.87. The van der Waals surface area contributed by atoms with Crippen LogP contribution in [0, 0.1) is 34.5 Å². The van der Waals surface area contributed by atoms with Crippen LogP contribution in [0.25, 0.3) is 0 Å². The summed E-state index contributed by atoms with van der Waals surface area (Å²) in [6.07, 6.45) is 11.4. The fraction of sp³-hybridized carbons (Fsp3) is 0.852. The summed E-state index contributed by atoms with van der Waals surface area (Å²) in [6.45, 7) is 12.5. The number of carbonyl (C=O) groups is 1. The van der Waals surface area contributed by atoms with Gasteiger partial charge in [-0.25, -0.2) is 0 Å². The highest BCUT2D eigenvalue weighted by atomic mass is 16.6. The van der Waals surface area contributed by atoms with Crippen LogP contribution in [-0.4, -0.2) is 55.8 Å². The quantitative estimate of drug-likeness (QED) is 0.347. The first-order chi connectivity index (χ1) is 15.4. The highest BCUT2D eigenvalue weighted by Crippen LogP contribution is 2.66. The minimum Gasteiger partial charge on any atom is -0.394 e. The number of oxime groups is 1. The topological polar surface area (TPSA) is 51.1 Å². The average Bonchev–Trinajstić information content (AvgIpc) is 3.15. The number of morpholine rings is 1. The highest BCUT2D eigenvalue weighted by molar-refractivity contribution is 5.91. The van der Waals surface area contributed by atoms with Crippen LogP contribution in [0.5, 0.6) is 0 Å². The van der Waals surface area contributed by atoms with Crippen molar-refractivity contribution in [3.05, 3.63) is 11.6 Å². The lowest BCUT2D eigenvalue weighted by atomic mass is 9.46. The molecule has 5 nitrogen and oxygen atoms in total. The van der Waals surface area contributed by atoms with E-state index in [2.05, 4.69) is 30.8 Å². The van der Waals surface area contributed by atoms with Crippen molar-refractivity contribution >= 4 is 11.5 Å². The highest BCUT2D eigenvalue weighted by Gasteiger charge is 2.59. The summed E-state index contributed by atoms with van der Waals surface area (Å²) in [7, 11) is 0. The molecule has 0 N–H and O–H groups in total. The maximum Gasteiger partial charge on any atom is 0.155 e. The maximum atomic E-state index is 12.1. The molecule has 6 atom stereocenters. The minimum atomic E-state index is 0.266. The van der Waals surface area contributed by atoms with Crippen molar-refractivity contribution < 1.29 is 14.4 Å². The Morgan fingerprint density at radius 3 is 2.75 bits per heavy atom. The first-order valence-corrected chi connectivity index (χ1v) is 13.1. The third kappa shape index (κ3) is 3.87. The second-order valence-corrected chi connectivity index (χ2v) is 11.7. The Bertz CT molecular complexity index is 786. The van der Waals surface area contributed by atoms with Gasteiger partial charge in [0.2, 0.25) is 0 Å². The van der Waals surface area contributed by atoms with E-state index in [0.717, 1.165) is 69.9 Å². The molecule has 0 amide bonds. The zero-order chi connectivity index (χ0) is 22.3. The van der Waals surface area contributed by atoms with Gasteiger partial charge in [0.15, 0.2) is 5.78 Å². The molecule has 4 aliphatic carbocycles. The van der Waals surface area contributed by atoms with E-state index < -0.39 is 0 Å². The molecule has 0 aromatic heterocycles. The predicted octanol–water partition coefficient (Wildman–Crippen LogP) is 4.86. The van der Waals surface area contributed by atoms with Gasteiger partial charge in [-0.3, -0.25) is 9.69 Å². The van der Waals surface area contributed by atoms with Gasteiger partial charge < -0.3 is 9.57 Å². The average molecular weight is 443 g/mol. The fourth-order valence-electron chi connectivity index (χ4n) is 8.45. The van der Waals surface area contributed by atoms with Crippen LogP contribution in [0.1, 0.15) is 72.1 Å². The molecule has 5 aliphatic rings. The molecule has 1 heterocycles. The Kier molecular flexibility index (Phi) is 6.26. The number of hydrogen-bond acceptors (Lipinski definition) is 5. The second-order valence-electron chi connectivity index (χ2n) is 11.7. The van der Waals surface area contributed by atoms with Gasteiger partial charge in [-0.2, -0.15) is 0 Å². The van der Waals surface area contributed by atoms with Crippen molar-refractivity contribution in [1.82, 2.24) is 4.90 Å². The normalized spacial score (nSPS) is 42.7. The van der Waals surface area contributed by atoms with Gasteiger partial charge in [-0.05, 0) is 86.5 Å². The van der Waals surface area contributed by atoms with Gasteiger partial charge in [0.1, 0.15) is 6.61 Å². The van der Waals surface area contributed by atoms with Crippen LogP contribution < -0.4 is 0 Å². The Balaban J connectivity index is 1.23. The molecule has 1 saturated heterocycles. The van der Waals surface area contributed by atoms with Crippen LogP contribution in [0.2, 0.25) is 0 Å². The summed E-state index contributed by atoms with van der Waals surface area (Å²) in [6, 6.07) is 0. The van der Waals surface area contributed by atoms with E-state index in [1.54, 1.807) is 0 Å². The van der Waals surface area contributed by atoms with Gasteiger partial charge in [-0.1, -0.05) is 24.6 Å². The van der Waals surface area contributed by atoms with E-state index in [4.69, 9.17) is 9.57 Å². The molecule has 5 rings (SSSR count). The van der Waals surface area contributed by atoms with Crippen LogP contribution in [-0.2, 0) is 14.4 Å². The summed E-state index contributed by atoms with van der Waals surface area (Å²) in [5, 5.41) is 4.63. The van der Waals surface area contributed by atoms with Crippen LogP contribution in [0.4, 0.5) is 0 Å². The molecule has 0 bridgehead atoms. The third-order valence-electron chi connectivity index (χ3n) is 10.3. The van der Waals surface area contributed by atoms with Gasteiger partial charge in [0.25, 0.3) is 0 Å². The van der Waals surface area contributed by atoms with E-state index in [1.165, 1.54) is 43.4 Å². The largest absolute Gasteiger partial charge is 0.394 e. The summed E-state index contributed by atoms with van der Waals surface area (Å²) >= 11 is 0. The first kappa shape index (κ1) is 22.6. The first-order valence-electron chi connectivity index (χ1n) is 13.1. The number of ether oxygens (including phenoxy) is 1. The minimum absolute atomic E-state index is 0.266. The molecule has 0 spiro atoms. The number of nitrogens with zero attached hydrogens (tertiary/aromatic N) is 2. The molecular formula is C27H42N2O3. The summed E-state index contributed by atoms with van der Waals surface area (Å²) < 4.78 is 5.42.